The van der Waals surface area contributed by atoms with E-state index in [9.17, 15) is 21.6 Å². The van der Waals surface area contributed by atoms with Crippen molar-refractivity contribution in [3.8, 4) is 0 Å². The Bertz CT molecular complexity index is 752. The molecule has 0 aliphatic carbocycles. The highest BCUT2D eigenvalue weighted by Gasteiger charge is 2.25. The minimum absolute atomic E-state index is 0.0129. The zero-order valence-corrected chi connectivity index (χ0v) is 14.8. The van der Waals surface area contributed by atoms with Gasteiger partial charge in [0.15, 0.2) is 0 Å². The van der Waals surface area contributed by atoms with Crippen molar-refractivity contribution in [3.05, 3.63) is 24.3 Å². The molecule has 0 spiro atoms. The average molecular weight is 364 g/mol. The van der Waals surface area contributed by atoms with Crippen molar-refractivity contribution in [1.29, 1.82) is 0 Å². The van der Waals surface area contributed by atoms with Gasteiger partial charge in [0.05, 0.1) is 9.79 Å². The first-order valence-corrected chi connectivity index (χ1v) is 9.73. The summed E-state index contributed by atoms with van der Waals surface area (Å²) in [5.41, 5.74) is 0. The van der Waals surface area contributed by atoms with Crippen LogP contribution in [0.15, 0.2) is 34.1 Å². The van der Waals surface area contributed by atoms with E-state index in [2.05, 4.69) is 0 Å². The number of hydrogen-bond donors (Lipinski definition) is 1. The van der Waals surface area contributed by atoms with Gasteiger partial charge in [0, 0.05) is 20.1 Å². The van der Waals surface area contributed by atoms with Crippen LogP contribution in [0.1, 0.15) is 13.8 Å². The lowest BCUT2D eigenvalue weighted by molar-refractivity contribution is -0.137. The SMILES string of the molecule is CCN(CC)S(=O)(=O)c1ccc(S(=O)(=O)N(C)CC(=O)O)cc1. The molecule has 1 aromatic carbocycles. The van der Waals surface area contributed by atoms with Gasteiger partial charge < -0.3 is 5.11 Å². The van der Waals surface area contributed by atoms with E-state index in [1.807, 2.05) is 0 Å². The number of sulfonamides is 2. The Balaban J connectivity index is 3.17. The number of carboxylic acid groups (broad SMARTS) is 1. The Morgan fingerprint density at radius 2 is 1.35 bits per heavy atom. The van der Waals surface area contributed by atoms with Gasteiger partial charge in [0.25, 0.3) is 0 Å². The molecule has 0 saturated carbocycles. The lowest BCUT2D eigenvalue weighted by atomic mass is 10.4. The molecule has 1 aromatic rings. The summed E-state index contributed by atoms with van der Waals surface area (Å²) in [5, 5.41) is 8.67. The van der Waals surface area contributed by atoms with E-state index in [4.69, 9.17) is 5.11 Å². The van der Waals surface area contributed by atoms with E-state index >= 15 is 0 Å². The van der Waals surface area contributed by atoms with Gasteiger partial charge in [0.2, 0.25) is 20.0 Å². The zero-order chi connectivity index (χ0) is 17.8. The molecule has 0 bridgehead atoms. The number of carboxylic acids is 1. The summed E-state index contributed by atoms with van der Waals surface area (Å²) in [6.45, 7) is 3.35. The van der Waals surface area contributed by atoms with Crippen molar-refractivity contribution >= 4 is 26.0 Å². The van der Waals surface area contributed by atoms with Crippen molar-refractivity contribution in [2.75, 3.05) is 26.7 Å². The highest BCUT2D eigenvalue weighted by Crippen LogP contribution is 2.20. The van der Waals surface area contributed by atoms with Crippen molar-refractivity contribution in [3.63, 3.8) is 0 Å². The molecule has 0 aliphatic heterocycles. The summed E-state index contributed by atoms with van der Waals surface area (Å²) >= 11 is 0. The summed E-state index contributed by atoms with van der Waals surface area (Å²) < 4.78 is 50.9. The third kappa shape index (κ3) is 4.28. The van der Waals surface area contributed by atoms with Gasteiger partial charge in [-0.2, -0.15) is 8.61 Å². The van der Waals surface area contributed by atoms with Gasteiger partial charge in [-0.25, -0.2) is 16.8 Å². The molecule has 0 amide bonds. The standard InChI is InChI=1S/C13H20N2O6S2/c1-4-15(5-2)23(20,21)12-8-6-11(7-9-12)22(18,19)14(3)10-13(16)17/h6-9H,4-5,10H2,1-3H3,(H,16,17). The van der Waals surface area contributed by atoms with E-state index in [0.29, 0.717) is 17.4 Å². The molecule has 23 heavy (non-hydrogen) atoms. The minimum Gasteiger partial charge on any atom is -0.480 e. The van der Waals surface area contributed by atoms with Crippen molar-refractivity contribution in [1.82, 2.24) is 8.61 Å². The summed E-state index contributed by atoms with van der Waals surface area (Å²) in [7, 11) is -6.51. The predicted octanol–water partition coefficient (Wildman–Crippen LogP) is 0.422. The number of carbonyl (C=O) groups is 1. The van der Waals surface area contributed by atoms with E-state index in [0.717, 1.165) is 19.2 Å². The van der Waals surface area contributed by atoms with Crippen LogP contribution >= 0.6 is 0 Å². The smallest absolute Gasteiger partial charge is 0.318 e. The lowest BCUT2D eigenvalue weighted by Crippen LogP contribution is -2.32. The van der Waals surface area contributed by atoms with E-state index in [1.54, 1.807) is 13.8 Å². The van der Waals surface area contributed by atoms with Crippen LogP contribution in [0.3, 0.4) is 0 Å². The summed E-state index contributed by atoms with van der Waals surface area (Å²) in [4.78, 5) is 10.4. The Morgan fingerprint density at radius 1 is 0.957 bits per heavy atom. The van der Waals surface area contributed by atoms with Crippen LogP contribution in [-0.2, 0) is 24.8 Å². The van der Waals surface area contributed by atoms with Gasteiger partial charge >= 0.3 is 5.97 Å². The van der Waals surface area contributed by atoms with Gasteiger partial charge in [-0.3, -0.25) is 4.79 Å². The Kier molecular flexibility index (Phi) is 6.28. The summed E-state index contributed by atoms with van der Waals surface area (Å²) in [6, 6.07) is 4.72. The predicted molar refractivity (Wildman–Crippen MR) is 84.0 cm³/mol. The maximum atomic E-state index is 12.3. The summed E-state index contributed by atoms with van der Waals surface area (Å²) in [6.07, 6.45) is 0. The molecule has 1 rings (SSSR count). The van der Waals surface area contributed by atoms with E-state index < -0.39 is 32.6 Å². The molecule has 0 aliphatic rings. The maximum absolute atomic E-state index is 12.3. The topological polar surface area (TPSA) is 112 Å². The quantitative estimate of drug-likeness (QED) is 0.715. The molecule has 0 aromatic heterocycles. The Hall–Kier alpha value is -1.49. The molecular formula is C13H20N2O6S2. The monoisotopic (exact) mass is 364 g/mol. The second-order valence-electron chi connectivity index (χ2n) is 4.72. The van der Waals surface area contributed by atoms with Gasteiger partial charge in [-0.05, 0) is 24.3 Å². The maximum Gasteiger partial charge on any atom is 0.318 e. The molecule has 0 atom stereocenters. The average Bonchev–Trinajstić information content (AvgIpc) is 2.47. The molecule has 0 unspecified atom stereocenters. The number of likely N-dealkylation sites (N-methyl/N-ethyl adjacent to an activating group) is 1. The van der Waals surface area contributed by atoms with Crippen LogP contribution in [0.25, 0.3) is 0 Å². The normalized spacial score (nSPS) is 12.7. The number of hydrogen-bond acceptors (Lipinski definition) is 5. The molecule has 0 fully saturated rings. The summed E-state index contributed by atoms with van der Waals surface area (Å²) in [5.74, 6) is -1.28. The largest absolute Gasteiger partial charge is 0.480 e. The first kappa shape index (κ1) is 19.6. The second-order valence-corrected chi connectivity index (χ2v) is 8.70. The molecule has 0 saturated heterocycles. The van der Waals surface area contributed by atoms with Gasteiger partial charge in [-0.15, -0.1) is 0 Å². The Morgan fingerprint density at radius 3 is 1.70 bits per heavy atom. The first-order chi connectivity index (χ1) is 10.6. The molecule has 10 heteroatoms. The van der Waals surface area contributed by atoms with E-state index in [-0.39, 0.29) is 9.79 Å². The van der Waals surface area contributed by atoms with E-state index in [1.165, 1.54) is 16.4 Å². The lowest BCUT2D eigenvalue weighted by Gasteiger charge is -2.19. The number of benzene rings is 1. The van der Waals surface area contributed by atoms with Crippen LogP contribution < -0.4 is 0 Å². The number of rotatable bonds is 8. The number of aliphatic carboxylic acids is 1. The highest BCUT2D eigenvalue weighted by molar-refractivity contribution is 7.89. The van der Waals surface area contributed by atoms with Crippen LogP contribution in [0.4, 0.5) is 0 Å². The zero-order valence-electron chi connectivity index (χ0n) is 13.1. The van der Waals surface area contributed by atoms with Crippen molar-refractivity contribution in [2.24, 2.45) is 0 Å². The number of nitrogens with zero attached hydrogens (tertiary/aromatic N) is 2. The van der Waals surface area contributed by atoms with Crippen LogP contribution in [-0.4, -0.2) is 63.2 Å². The fourth-order valence-electron chi connectivity index (χ4n) is 1.95. The molecule has 1 N–H and O–H groups in total. The molecule has 0 heterocycles. The van der Waals surface area contributed by atoms with Crippen molar-refractivity contribution in [2.45, 2.75) is 23.6 Å². The van der Waals surface area contributed by atoms with Crippen LogP contribution in [0, 0.1) is 0 Å². The van der Waals surface area contributed by atoms with Gasteiger partial charge in [0.1, 0.15) is 6.54 Å². The van der Waals surface area contributed by atoms with Crippen LogP contribution in [0.5, 0.6) is 0 Å². The fraction of sp³-hybridized carbons (Fsp3) is 0.462. The first-order valence-electron chi connectivity index (χ1n) is 6.85. The molecule has 8 nitrogen and oxygen atoms in total. The second kappa shape index (κ2) is 7.39. The highest BCUT2D eigenvalue weighted by atomic mass is 32.2. The third-order valence-corrected chi connectivity index (χ3v) is 7.11. The van der Waals surface area contributed by atoms with Gasteiger partial charge in [-0.1, -0.05) is 13.8 Å². The fourth-order valence-corrected chi connectivity index (χ4v) is 4.53. The minimum atomic E-state index is -3.98. The molecular weight excluding hydrogens is 344 g/mol. The Labute approximate surface area is 136 Å². The van der Waals surface area contributed by atoms with Crippen LogP contribution in [0.2, 0.25) is 0 Å². The third-order valence-electron chi connectivity index (χ3n) is 3.23. The molecule has 130 valence electrons. The molecule has 0 radical (unpaired) electrons. The van der Waals surface area contributed by atoms with Crippen molar-refractivity contribution < 1.29 is 26.7 Å².